The number of rotatable bonds is 4. The minimum absolute atomic E-state index is 0.0622. The minimum atomic E-state index is -0.615. The molecule has 1 heterocycles. The summed E-state index contributed by atoms with van der Waals surface area (Å²) >= 11 is 0. The molecular formula is C20H23N3O3. The van der Waals surface area contributed by atoms with Crippen LogP contribution in [0, 0.1) is 0 Å². The van der Waals surface area contributed by atoms with E-state index in [9.17, 15) is 14.4 Å². The van der Waals surface area contributed by atoms with Crippen LogP contribution in [0.15, 0.2) is 30.5 Å². The topological polar surface area (TPSA) is 60.9 Å². The number of ketones is 2. The highest BCUT2D eigenvalue weighted by molar-refractivity contribution is 6.14. The van der Waals surface area contributed by atoms with E-state index >= 15 is 0 Å². The van der Waals surface area contributed by atoms with Gasteiger partial charge in [-0.25, -0.2) is 10.0 Å². The highest BCUT2D eigenvalue weighted by Crippen LogP contribution is 2.38. The number of hydrogen-bond donors (Lipinski definition) is 0. The maximum Gasteiger partial charge on any atom is 0.260 e. The van der Waals surface area contributed by atoms with Crippen molar-refractivity contribution < 1.29 is 14.4 Å². The Morgan fingerprint density at radius 1 is 1.23 bits per heavy atom. The molecule has 1 aliphatic heterocycles. The third-order valence-corrected chi connectivity index (χ3v) is 5.08. The minimum Gasteiger partial charge on any atom is -0.299 e. The first-order valence-electron chi connectivity index (χ1n) is 8.63. The van der Waals surface area contributed by atoms with Crippen molar-refractivity contribution in [3.05, 3.63) is 47.2 Å². The molecule has 3 rings (SSSR count). The first kappa shape index (κ1) is 18.3. The molecule has 2 aliphatic rings. The van der Waals surface area contributed by atoms with Gasteiger partial charge in [0.15, 0.2) is 5.78 Å². The van der Waals surface area contributed by atoms with Gasteiger partial charge in [0.1, 0.15) is 5.78 Å². The summed E-state index contributed by atoms with van der Waals surface area (Å²) in [6, 6.07) is 5.07. The van der Waals surface area contributed by atoms with Gasteiger partial charge in [-0.15, -0.1) is 5.73 Å². The zero-order chi connectivity index (χ0) is 19.0. The number of amides is 1. The quantitative estimate of drug-likeness (QED) is 0.470. The van der Waals surface area contributed by atoms with Crippen LogP contribution in [0.5, 0.6) is 0 Å². The fourth-order valence-corrected chi connectivity index (χ4v) is 3.53. The van der Waals surface area contributed by atoms with E-state index in [1.807, 2.05) is 49.4 Å². The molecule has 1 aliphatic carbocycles. The highest BCUT2D eigenvalue weighted by atomic mass is 16.2. The van der Waals surface area contributed by atoms with Crippen molar-refractivity contribution in [2.45, 2.75) is 31.8 Å². The predicted octanol–water partition coefficient (Wildman–Crippen LogP) is 1.87. The molecule has 1 saturated carbocycles. The molecule has 1 aromatic rings. The van der Waals surface area contributed by atoms with Gasteiger partial charge < -0.3 is 0 Å². The van der Waals surface area contributed by atoms with Crippen LogP contribution < -0.4 is 0 Å². The van der Waals surface area contributed by atoms with Crippen molar-refractivity contribution in [1.82, 2.24) is 14.9 Å². The summed E-state index contributed by atoms with van der Waals surface area (Å²) in [6.07, 6.45) is 0.568. The van der Waals surface area contributed by atoms with Crippen LogP contribution in [-0.2, 0) is 16.1 Å². The normalized spacial score (nSPS) is 20.2. The summed E-state index contributed by atoms with van der Waals surface area (Å²) in [5, 5.41) is 3.93. The van der Waals surface area contributed by atoms with Crippen LogP contribution in [0.25, 0.3) is 5.70 Å². The second kappa shape index (κ2) is 7.00. The molecule has 0 spiro atoms. The van der Waals surface area contributed by atoms with E-state index < -0.39 is 6.04 Å². The lowest BCUT2D eigenvalue weighted by molar-refractivity contribution is -0.132. The number of Topliss-reactive ketones (excluding diaryl/α,β-unsaturated/α-hetero) is 2. The smallest absolute Gasteiger partial charge is 0.260 e. The second-order valence-corrected chi connectivity index (χ2v) is 6.94. The first-order chi connectivity index (χ1) is 12.3. The Morgan fingerprint density at radius 2 is 1.96 bits per heavy atom. The summed E-state index contributed by atoms with van der Waals surface area (Å²) in [5.74, 6) is -0.475. The Balaban J connectivity index is 2.01. The molecule has 0 N–H and O–H groups in total. The zero-order valence-electron chi connectivity index (χ0n) is 15.4. The van der Waals surface area contributed by atoms with Gasteiger partial charge in [-0.2, -0.15) is 0 Å². The maximum absolute atomic E-state index is 13.2. The molecule has 0 bridgehead atoms. The second-order valence-electron chi connectivity index (χ2n) is 6.94. The SMILES string of the molecule is C=C=C1c2cccc(CN(C)N(C)C)c2C(=O)N1C1CCC(=O)CC1=O. The number of nitrogens with zero attached hydrogens (tertiary/aromatic N) is 3. The largest absolute Gasteiger partial charge is 0.299 e. The Morgan fingerprint density at radius 3 is 2.58 bits per heavy atom. The van der Waals surface area contributed by atoms with Crippen molar-refractivity contribution in [1.29, 1.82) is 0 Å². The van der Waals surface area contributed by atoms with Gasteiger partial charge in [-0.3, -0.25) is 19.3 Å². The molecule has 1 amide bonds. The van der Waals surface area contributed by atoms with Gasteiger partial charge in [-0.05, 0) is 12.0 Å². The monoisotopic (exact) mass is 353 g/mol. The lowest BCUT2D eigenvalue weighted by Gasteiger charge is -2.29. The fourth-order valence-electron chi connectivity index (χ4n) is 3.53. The van der Waals surface area contributed by atoms with Gasteiger partial charge >= 0.3 is 0 Å². The van der Waals surface area contributed by atoms with Crippen LogP contribution >= 0.6 is 0 Å². The van der Waals surface area contributed by atoms with Crippen molar-refractivity contribution in [2.75, 3.05) is 21.1 Å². The predicted molar refractivity (Wildman–Crippen MR) is 98.0 cm³/mol. The molecule has 1 aromatic carbocycles. The number of fused-ring (bicyclic) bond motifs is 1. The van der Waals surface area contributed by atoms with Gasteiger partial charge in [0.2, 0.25) is 0 Å². The number of benzene rings is 1. The van der Waals surface area contributed by atoms with Crippen LogP contribution in [0.4, 0.5) is 0 Å². The van der Waals surface area contributed by atoms with Gasteiger partial charge in [0, 0.05) is 39.7 Å². The lowest BCUT2D eigenvalue weighted by atomic mass is 9.91. The molecule has 0 radical (unpaired) electrons. The Kier molecular flexibility index (Phi) is 4.92. The molecule has 6 nitrogen and oxygen atoms in total. The fraction of sp³-hybridized carbons (Fsp3) is 0.400. The van der Waals surface area contributed by atoms with E-state index in [0.29, 0.717) is 30.6 Å². The summed E-state index contributed by atoms with van der Waals surface area (Å²) < 4.78 is 0. The summed E-state index contributed by atoms with van der Waals surface area (Å²) in [5.41, 5.74) is 5.61. The van der Waals surface area contributed by atoms with Gasteiger partial charge in [0.05, 0.1) is 23.7 Å². The van der Waals surface area contributed by atoms with Gasteiger partial charge in [0.25, 0.3) is 5.91 Å². The average molecular weight is 353 g/mol. The van der Waals surface area contributed by atoms with Gasteiger partial charge in [-0.1, -0.05) is 24.8 Å². The molecule has 26 heavy (non-hydrogen) atoms. The van der Waals surface area contributed by atoms with E-state index in [1.165, 1.54) is 4.90 Å². The van der Waals surface area contributed by atoms with E-state index in [4.69, 9.17) is 0 Å². The lowest BCUT2D eigenvalue weighted by Crippen LogP contribution is -2.44. The Labute approximate surface area is 153 Å². The van der Waals surface area contributed by atoms with Crippen LogP contribution in [0.1, 0.15) is 40.7 Å². The molecule has 136 valence electrons. The summed E-state index contributed by atoms with van der Waals surface area (Å²) in [7, 11) is 5.81. The molecule has 0 saturated heterocycles. The van der Waals surface area contributed by atoms with Crippen LogP contribution in [-0.4, -0.2) is 59.6 Å². The van der Waals surface area contributed by atoms with Crippen molar-refractivity contribution in [3.63, 3.8) is 0 Å². The van der Waals surface area contributed by atoms with E-state index in [2.05, 4.69) is 12.3 Å². The molecule has 1 unspecified atom stereocenters. The summed E-state index contributed by atoms with van der Waals surface area (Å²) in [4.78, 5) is 38.7. The molecular weight excluding hydrogens is 330 g/mol. The molecule has 0 aromatic heterocycles. The van der Waals surface area contributed by atoms with Crippen LogP contribution in [0.2, 0.25) is 0 Å². The zero-order valence-corrected chi connectivity index (χ0v) is 15.4. The molecule has 1 fully saturated rings. The average Bonchev–Trinajstić information content (AvgIpc) is 2.88. The van der Waals surface area contributed by atoms with Crippen molar-refractivity contribution in [3.8, 4) is 0 Å². The van der Waals surface area contributed by atoms with Crippen LogP contribution in [0.3, 0.4) is 0 Å². The van der Waals surface area contributed by atoms with E-state index in [1.54, 1.807) is 0 Å². The third-order valence-electron chi connectivity index (χ3n) is 5.08. The maximum atomic E-state index is 13.2. The number of carbonyl (C=O) groups excluding carboxylic acids is 3. The highest BCUT2D eigenvalue weighted by Gasteiger charge is 2.43. The van der Waals surface area contributed by atoms with Crippen molar-refractivity contribution in [2.24, 2.45) is 0 Å². The first-order valence-corrected chi connectivity index (χ1v) is 8.63. The van der Waals surface area contributed by atoms with E-state index in [-0.39, 0.29) is 23.9 Å². The van der Waals surface area contributed by atoms with Crippen molar-refractivity contribution >= 4 is 23.2 Å². The van der Waals surface area contributed by atoms with E-state index in [0.717, 1.165) is 11.1 Å². The number of hydrazine groups is 1. The molecule has 6 heteroatoms. The number of carbonyl (C=O) groups is 3. The summed E-state index contributed by atoms with van der Waals surface area (Å²) in [6.45, 7) is 4.29. The standard InChI is InChI=1S/C20H23N3O3/c1-5-16-15-8-6-7-13(12-22(4)21(2)3)19(15)20(26)23(16)17-10-9-14(24)11-18(17)25/h6-8,17H,1,9-12H2,2-4H3. The number of hydrogen-bond acceptors (Lipinski definition) is 5. The third kappa shape index (κ3) is 3.03. The Hall–Kier alpha value is -2.53. The Bertz CT molecular complexity index is 837. The molecule has 1 atom stereocenters.